The summed E-state index contributed by atoms with van der Waals surface area (Å²) in [5.41, 5.74) is 5.12. The number of nitrogens with one attached hydrogen (secondary N) is 2. The largest absolute Gasteiger partial charge is 0.289 e. The first-order valence-corrected chi connectivity index (χ1v) is 8.44. The molecule has 0 aliphatic carbocycles. The number of hydrazone groups is 1. The van der Waals surface area contributed by atoms with Gasteiger partial charge in [-0.05, 0) is 29.8 Å². The van der Waals surface area contributed by atoms with Gasteiger partial charge < -0.3 is 0 Å². The van der Waals surface area contributed by atoms with Crippen molar-refractivity contribution < 1.29 is 4.79 Å². The van der Waals surface area contributed by atoms with Crippen molar-refractivity contribution in [3.8, 4) is 11.3 Å². The van der Waals surface area contributed by atoms with E-state index in [2.05, 4.69) is 20.7 Å². The Morgan fingerprint density at radius 2 is 1.85 bits per heavy atom. The van der Waals surface area contributed by atoms with Gasteiger partial charge >= 0.3 is 0 Å². The normalized spacial score (nSPS) is 11.7. The Morgan fingerprint density at radius 1 is 1.12 bits per heavy atom. The van der Waals surface area contributed by atoms with E-state index in [1.54, 1.807) is 24.3 Å². The lowest BCUT2D eigenvalue weighted by Gasteiger charge is -1.96. The van der Waals surface area contributed by atoms with E-state index < -0.39 is 5.91 Å². The van der Waals surface area contributed by atoms with E-state index >= 15 is 0 Å². The van der Waals surface area contributed by atoms with Gasteiger partial charge in [-0.2, -0.15) is 10.2 Å². The first-order chi connectivity index (χ1) is 12.6. The van der Waals surface area contributed by atoms with Crippen LogP contribution >= 0.6 is 23.2 Å². The molecule has 0 radical (unpaired) electrons. The lowest BCUT2D eigenvalue weighted by Crippen LogP contribution is -2.17. The summed E-state index contributed by atoms with van der Waals surface area (Å²) in [6.45, 7) is 0. The molecule has 130 valence electrons. The molecule has 1 heterocycles. The van der Waals surface area contributed by atoms with Crippen LogP contribution in [0.3, 0.4) is 0 Å². The molecule has 0 aliphatic heterocycles. The zero-order chi connectivity index (χ0) is 18.4. The molecule has 26 heavy (non-hydrogen) atoms. The Hall–Kier alpha value is -2.89. The van der Waals surface area contributed by atoms with Crippen molar-refractivity contribution in [2.45, 2.75) is 0 Å². The second-order valence-electron chi connectivity index (χ2n) is 5.31. The average Bonchev–Trinajstić information content (AvgIpc) is 3.13. The van der Waals surface area contributed by atoms with Crippen LogP contribution in [-0.4, -0.2) is 22.3 Å². The molecule has 0 saturated carbocycles. The number of amides is 1. The van der Waals surface area contributed by atoms with E-state index in [1.165, 1.54) is 6.21 Å². The molecule has 0 unspecified atom stereocenters. The van der Waals surface area contributed by atoms with Gasteiger partial charge in [0, 0.05) is 10.6 Å². The minimum Gasteiger partial charge on any atom is -0.272 e. The van der Waals surface area contributed by atoms with Crippen LogP contribution < -0.4 is 5.43 Å². The Balaban J connectivity index is 1.62. The fourth-order valence-corrected chi connectivity index (χ4v) is 2.47. The molecule has 7 heteroatoms. The monoisotopic (exact) mass is 384 g/mol. The second kappa shape index (κ2) is 8.47. The molecule has 0 spiro atoms. The maximum Gasteiger partial charge on any atom is 0.289 e. The highest BCUT2D eigenvalue weighted by atomic mass is 35.5. The number of benzene rings is 2. The molecule has 2 aromatic carbocycles. The Bertz CT molecular complexity index is 947. The van der Waals surface area contributed by atoms with Crippen molar-refractivity contribution in [2.75, 3.05) is 0 Å². The highest BCUT2D eigenvalue weighted by molar-refractivity contribution is 6.41. The number of aromatic amines is 1. The Morgan fingerprint density at radius 3 is 2.58 bits per heavy atom. The maximum absolute atomic E-state index is 12.1. The van der Waals surface area contributed by atoms with Gasteiger partial charge in [-0.3, -0.25) is 9.89 Å². The maximum atomic E-state index is 12.1. The summed E-state index contributed by atoms with van der Waals surface area (Å²) in [6.07, 6.45) is 3.11. The summed E-state index contributed by atoms with van der Waals surface area (Å²) in [5, 5.41) is 11.7. The number of carbonyl (C=O) groups is 1. The molecular formula is C19H14Cl2N4O. The lowest BCUT2D eigenvalue weighted by atomic mass is 10.1. The van der Waals surface area contributed by atoms with Crippen LogP contribution in [0.2, 0.25) is 5.02 Å². The zero-order valence-corrected chi connectivity index (χ0v) is 15.0. The van der Waals surface area contributed by atoms with Crippen molar-refractivity contribution in [1.82, 2.24) is 15.6 Å². The molecule has 0 aliphatic rings. The third kappa shape index (κ3) is 4.81. The van der Waals surface area contributed by atoms with Crippen molar-refractivity contribution in [3.63, 3.8) is 0 Å². The molecule has 0 saturated heterocycles. The predicted octanol–water partition coefficient (Wildman–Crippen LogP) is 4.73. The summed E-state index contributed by atoms with van der Waals surface area (Å²) in [4.78, 5) is 12.1. The smallest absolute Gasteiger partial charge is 0.272 e. The molecule has 0 fully saturated rings. The van der Waals surface area contributed by atoms with Crippen LogP contribution in [0, 0.1) is 0 Å². The molecule has 5 nitrogen and oxygen atoms in total. The summed E-state index contributed by atoms with van der Waals surface area (Å²) in [6, 6.07) is 18.4. The summed E-state index contributed by atoms with van der Waals surface area (Å²) >= 11 is 11.9. The van der Waals surface area contributed by atoms with Crippen molar-refractivity contribution in [2.24, 2.45) is 5.10 Å². The average molecular weight is 385 g/mol. The van der Waals surface area contributed by atoms with E-state index in [-0.39, 0.29) is 5.69 Å². The first kappa shape index (κ1) is 17.9. The van der Waals surface area contributed by atoms with Gasteiger partial charge in [0.05, 0.1) is 16.9 Å². The fourth-order valence-electron chi connectivity index (χ4n) is 2.17. The Kier molecular flexibility index (Phi) is 5.84. The molecular weight excluding hydrogens is 371 g/mol. The molecule has 0 atom stereocenters. The molecule has 3 rings (SSSR count). The fraction of sp³-hybridized carbons (Fsp3) is 0. The van der Waals surface area contributed by atoms with Gasteiger partial charge in [-0.1, -0.05) is 65.7 Å². The number of H-pyrrole nitrogens is 1. The van der Waals surface area contributed by atoms with E-state index in [1.807, 2.05) is 42.5 Å². The van der Waals surface area contributed by atoms with E-state index in [0.29, 0.717) is 15.7 Å². The van der Waals surface area contributed by atoms with Gasteiger partial charge in [0.15, 0.2) is 0 Å². The van der Waals surface area contributed by atoms with Gasteiger partial charge in [0.2, 0.25) is 0 Å². The van der Waals surface area contributed by atoms with Crippen LogP contribution in [0.4, 0.5) is 0 Å². The van der Waals surface area contributed by atoms with E-state index in [9.17, 15) is 4.79 Å². The molecule has 1 aromatic heterocycles. The SMILES string of the molecule is O=C(N/N=C/C(Cl)=C/c1ccccc1)c1cc(-c2ccc(Cl)cc2)n[nH]1. The lowest BCUT2D eigenvalue weighted by molar-refractivity contribution is 0.0950. The quantitative estimate of drug-likeness (QED) is 0.493. The van der Waals surface area contributed by atoms with Gasteiger partial charge in [-0.15, -0.1) is 0 Å². The van der Waals surface area contributed by atoms with Crippen LogP contribution in [0.15, 0.2) is 70.8 Å². The van der Waals surface area contributed by atoms with E-state index in [4.69, 9.17) is 23.2 Å². The molecule has 2 N–H and O–H groups in total. The first-order valence-electron chi connectivity index (χ1n) is 7.69. The highest BCUT2D eigenvalue weighted by Gasteiger charge is 2.10. The standard InChI is InChI=1S/C19H14Cl2N4O/c20-15-8-6-14(7-9-15)17-11-18(24-23-17)19(26)25-22-12-16(21)10-13-4-2-1-3-5-13/h1-12H,(H,23,24)(H,25,26)/b16-10-,22-12+. The van der Waals surface area contributed by atoms with E-state index in [0.717, 1.165) is 11.1 Å². The summed E-state index contributed by atoms with van der Waals surface area (Å²) < 4.78 is 0. The van der Waals surface area contributed by atoms with Crippen molar-refractivity contribution >= 4 is 41.4 Å². The molecule has 1 amide bonds. The third-order valence-corrected chi connectivity index (χ3v) is 3.88. The minimum absolute atomic E-state index is 0.287. The number of halogens is 2. The van der Waals surface area contributed by atoms with Gasteiger partial charge in [0.25, 0.3) is 5.91 Å². The zero-order valence-electron chi connectivity index (χ0n) is 13.5. The highest BCUT2D eigenvalue weighted by Crippen LogP contribution is 2.20. The van der Waals surface area contributed by atoms with Crippen LogP contribution in [-0.2, 0) is 0 Å². The minimum atomic E-state index is -0.418. The van der Waals surface area contributed by atoms with Gasteiger partial charge in [-0.25, -0.2) is 5.43 Å². The summed E-state index contributed by atoms with van der Waals surface area (Å²) in [7, 11) is 0. The number of hydrogen-bond acceptors (Lipinski definition) is 3. The third-order valence-electron chi connectivity index (χ3n) is 3.42. The van der Waals surface area contributed by atoms with Crippen LogP contribution in [0.25, 0.3) is 17.3 Å². The number of carbonyl (C=O) groups excluding carboxylic acids is 1. The summed E-state index contributed by atoms with van der Waals surface area (Å²) in [5.74, 6) is -0.418. The predicted molar refractivity (Wildman–Crippen MR) is 105 cm³/mol. The van der Waals surface area contributed by atoms with Crippen molar-refractivity contribution in [3.05, 3.63) is 82.0 Å². The molecule has 3 aromatic rings. The van der Waals surface area contributed by atoms with Gasteiger partial charge in [0.1, 0.15) is 5.69 Å². The topological polar surface area (TPSA) is 70.1 Å². The number of nitrogens with zero attached hydrogens (tertiary/aromatic N) is 2. The second-order valence-corrected chi connectivity index (χ2v) is 6.19. The number of aromatic nitrogens is 2. The van der Waals surface area contributed by atoms with Crippen molar-refractivity contribution in [1.29, 1.82) is 0 Å². The number of hydrogen-bond donors (Lipinski definition) is 2. The Labute approximate surface area is 160 Å². The number of rotatable bonds is 5. The van der Waals surface area contributed by atoms with Crippen LogP contribution in [0.5, 0.6) is 0 Å². The molecule has 0 bridgehead atoms. The number of allylic oxidation sites excluding steroid dienone is 1. The van der Waals surface area contributed by atoms with Crippen LogP contribution in [0.1, 0.15) is 16.1 Å².